The molecule has 0 spiro atoms. The Labute approximate surface area is 154 Å². The third kappa shape index (κ3) is 3.22. The van der Waals surface area contributed by atoms with Crippen LogP contribution in [0.4, 0.5) is 4.79 Å². The molecule has 0 radical (unpaired) electrons. The number of benzene rings is 2. The van der Waals surface area contributed by atoms with Gasteiger partial charge in [-0.1, -0.05) is 61.5 Å². The third-order valence-electron chi connectivity index (χ3n) is 5.06. The second-order valence-corrected chi connectivity index (χ2v) is 6.87. The maximum absolute atomic E-state index is 13.1. The Morgan fingerprint density at radius 1 is 1.04 bits per heavy atom. The quantitative estimate of drug-likeness (QED) is 0.813. The third-order valence-corrected chi connectivity index (χ3v) is 5.06. The van der Waals surface area contributed by atoms with Crippen LogP contribution in [-0.2, 0) is 16.9 Å². The molecule has 1 heterocycles. The summed E-state index contributed by atoms with van der Waals surface area (Å²) in [5, 5.41) is 2.92. The fraction of sp³-hybridized carbons (Fsp3) is 0.333. The van der Waals surface area contributed by atoms with Crippen LogP contribution in [0.5, 0.6) is 0 Å². The molecular weight excluding hydrogens is 326 g/mol. The van der Waals surface area contributed by atoms with E-state index in [0.717, 1.165) is 5.56 Å². The Balaban J connectivity index is 1.78. The second kappa shape index (κ2) is 7.30. The standard InChI is InChI=1S/C21H25N3O2/c1-4-21(18-12-6-5-7-13-18)19(25)24(20(26)22-21)15-23(3)14-17-11-9-8-10-16(17)2/h5-13H,4,14-15H2,1-3H3,(H,22,26)/t21-/m1/s1. The average Bonchev–Trinajstić information content (AvgIpc) is 2.89. The van der Waals surface area contributed by atoms with Crippen molar-refractivity contribution in [1.29, 1.82) is 0 Å². The van der Waals surface area contributed by atoms with E-state index in [1.807, 2.05) is 61.3 Å². The number of hydrogen-bond donors (Lipinski definition) is 1. The number of amides is 3. The van der Waals surface area contributed by atoms with E-state index in [9.17, 15) is 9.59 Å². The first-order valence-electron chi connectivity index (χ1n) is 8.90. The van der Waals surface area contributed by atoms with Crippen LogP contribution in [0.25, 0.3) is 0 Å². The molecule has 5 heteroatoms. The number of rotatable bonds is 6. The lowest BCUT2D eigenvalue weighted by Gasteiger charge is -2.27. The number of carbonyl (C=O) groups excluding carboxylic acids is 2. The number of nitrogens with one attached hydrogen (secondary N) is 1. The predicted octanol–water partition coefficient (Wildman–Crippen LogP) is 3.24. The van der Waals surface area contributed by atoms with Crippen LogP contribution < -0.4 is 5.32 Å². The van der Waals surface area contributed by atoms with Gasteiger partial charge in [0.15, 0.2) is 0 Å². The summed E-state index contributed by atoms with van der Waals surface area (Å²) in [7, 11) is 1.92. The van der Waals surface area contributed by atoms with E-state index in [1.165, 1.54) is 16.0 Å². The van der Waals surface area contributed by atoms with Crippen molar-refractivity contribution in [3.8, 4) is 0 Å². The molecule has 1 fully saturated rings. The van der Waals surface area contributed by atoms with E-state index in [0.29, 0.717) is 13.0 Å². The number of hydrogen-bond acceptors (Lipinski definition) is 3. The second-order valence-electron chi connectivity index (χ2n) is 6.87. The summed E-state index contributed by atoms with van der Waals surface area (Å²) >= 11 is 0. The van der Waals surface area contributed by atoms with Crippen LogP contribution in [0.1, 0.15) is 30.0 Å². The highest BCUT2D eigenvalue weighted by molar-refractivity contribution is 6.07. The highest BCUT2D eigenvalue weighted by Crippen LogP contribution is 2.32. The monoisotopic (exact) mass is 351 g/mol. The van der Waals surface area contributed by atoms with Crippen molar-refractivity contribution < 1.29 is 9.59 Å². The van der Waals surface area contributed by atoms with E-state index < -0.39 is 5.54 Å². The van der Waals surface area contributed by atoms with Crippen molar-refractivity contribution in [3.05, 3.63) is 71.3 Å². The van der Waals surface area contributed by atoms with Crippen molar-refractivity contribution in [1.82, 2.24) is 15.1 Å². The van der Waals surface area contributed by atoms with Crippen LogP contribution in [0.3, 0.4) is 0 Å². The van der Waals surface area contributed by atoms with Gasteiger partial charge in [0, 0.05) is 6.54 Å². The van der Waals surface area contributed by atoms with Crippen molar-refractivity contribution >= 4 is 11.9 Å². The van der Waals surface area contributed by atoms with Crippen LogP contribution in [0.15, 0.2) is 54.6 Å². The van der Waals surface area contributed by atoms with Gasteiger partial charge in [-0.2, -0.15) is 0 Å². The molecule has 0 saturated carbocycles. The molecule has 0 aromatic heterocycles. The minimum atomic E-state index is -0.970. The molecular formula is C21H25N3O2. The van der Waals surface area contributed by atoms with Crippen molar-refractivity contribution in [2.75, 3.05) is 13.7 Å². The highest BCUT2D eigenvalue weighted by atomic mass is 16.2. The Bertz CT molecular complexity index is 806. The number of carbonyl (C=O) groups is 2. The Hall–Kier alpha value is -2.66. The molecule has 136 valence electrons. The van der Waals surface area contributed by atoms with Gasteiger partial charge in [-0.05, 0) is 37.1 Å². The van der Waals surface area contributed by atoms with Crippen LogP contribution in [-0.4, -0.2) is 35.5 Å². The van der Waals surface area contributed by atoms with Crippen LogP contribution in [0.2, 0.25) is 0 Å². The number of nitrogens with zero attached hydrogens (tertiary/aromatic N) is 2. The Kier molecular flexibility index (Phi) is 5.09. The molecule has 1 saturated heterocycles. The van der Waals surface area contributed by atoms with Gasteiger partial charge in [-0.3, -0.25) is 9.69 Å². The zero-order chi connectivity index (χ0) is 18.7. The smallest absolute Gasteiger partial charge is 0.319 e. The topological polar surface area (TPSA) is 52.7 Å². The molecule has 1 aliphatic heterocycles. The van der Waals surface area contributed by atoms with Gasteiger partial charge in [0.05, 0.1) is 6.67 Å². The Morgan fingerprint density at radius 3 is 2.35 bits per heavy atom. The molecule has 26 heavy (non-hydrogen) atoms. The summed E-state index contributed by atoms with van der Waals surface area (Å²) in [5.74, 6) is -0.187. The van der Waals surface area contributed by atoms with E-state index in [-0.39, 0.29) is 18.6 Å². The van der Waals surface area contributed by atoms with Gasteiger partial charge in [0.1, 0.15) is 5.54 Å². The average molecular weight is 351 g/mol. The minimum Gasteiger partial charge on any atom is -0.319 e. The molecule has 1 N–H and O–H groups in total. The van der Waals surface area contributed by atoms with Gasteiger partial charge in [-0.15, -0.1) is 0 Å². The van der Waals surface area contributed by atoms with Gasteiger partial charge in [0.2, 0.25) is 0 Å². The number of urea groups is 1. The molecule has 5 nitrogen and oxygen atoms in total. The molecule has 0 bridgehead atoms. The minimum absolute atomic E-state index is 0.187. The summed E-state index contributed by atoms with van der Waals surface area (Å²) in [6, 6.07) is 17.3. The summed E-state index contributed by atoms with van der Waals surface area (Å²) < 4.78 is 0. The first kappa shape index (κ1) is 18.1. The summed E-state index contributed by atoms with van der Waals surface area (Å²) in [4.78, 5) is 29.0. The normalized spacial score (nSPS) is 19.9. The lowest BCUT2D eigenvalue weighted by molar-refractivity contribution is -0.133. The van der Waals surface area contributed by atoms with Gasteiger partial charge in [0.25, 0.3) is 5.91 Å². The van der Waals surface area contributed by atoms with Gasteiger partial charge >= 0.3 is 6.03 Å². The lowest BCUT2D eigenvalue weighted by Crippen LogP contribution is -2.44. The Morgan fingerprint density at radius 2 is 1.69 bits per heavy atom. The zero-order valence-corrected chi connectivity index (χ0v) is 15.5. The maximum atomic E-state index is 13.1. The molecule has 2 aromatic carbocycles. The van der Waals surface area contributed by atoms with E-state index in [4.69, 9.17) is 0 Å². The van der Waals surface area contributed by atoms with Gasteiger partial charge < -0.3 is 5.32 Å². The fourth-order valence-electron chi connectivity index (χ4n) is 3.49. The highest BCUT2D eigenvalue weighted by Gasteiger charge is 2.51. The molecule has 0 aliphatic carbocycles. The largest absolute Gasteiger partial charge is 0.326 e. The fourth-order valence-corrected chi connectivity index (χ4v) is 3.49. The van der Waals surface area contributed by atoms with Crippen molar-refractivity contribution in [2.24, 2.45) is 0 Å². The van der Waals surface area contributed by atoms with E-state index in [1.54, 1.807) is 0 Å². The first-order chi connectivity index (χ1) is 12.5. The molecule has 0 unspecified atom stereocenters. The number of aryl methyl sites for hydroxylation is 1. The van der Waals surface area contributed by atoms with Crippen LogP contribution >= 0.6 is 0 Å². The SMILES string of the molecule is CC[C@]1(c2ccccc2)NC(=O)N(CN(C)Cc2ccccc2C)C1=O. The molecule has 3 rings (SSSR count). The van der Waals surface area contributed by atoms with Crippen LogP contribution in [0, 0.1) is 6.92 Å². The molecule has 1 atom stereocenters. The molecule has 3 amide bonds. The summed E-state index contributed by atoms with van der Waals surface area (Å²) in [5.41, 5.74) is 2.24. The molecule has 2 aromatic rings. The molecule has 1 aliphatic rings. The summed E-state index contributed by atoms with van der Waals surface area (Å²) in [6.45, 7) is 4.92. The predicted molar refractivity (Wildman–Crippen MR) is 101 cm³/mol. The van der Waals surface area contributed by atoms with E-state index in [2.05, 4.69) is 24.4 Å². The van der Waals surface area contributed by atoms with Gasteiger partial charge in [-0.25, -0.2) is 9.69 Å². The maximum Gasteiger partial charge on any atom is 0.326 e. The van der Waals surface area contributed by atoms with E-state index >= 15 is 0 Å². The zero-order valence-electron chi connectivity index (χ0n) is 15.5. The number of imide groups is 1. The van der Waals surface area contributed by atoms with Crippen molar-refractivity contribution in [2.45, 2.75) is 32.4 Å². The summed E-state index contributed by atoms with van der Waals surface area (Å²) in [6.07, 6.45) is 0.513. The van der Waals surface area contributed by atoms with Crippen molar-refractivity contribution in [3.63, 3.8) is 0 Å². The lowest BCUT2D eigenvalue weighted by atomic mass is 9.87. The first-order valence-corrected chi connectivity index (χ1v) is 8.90.